The van der Waals surface area contributed by atoms with E-state index in [-0.39, 0.29) is 11.9 Å². The Morgan fingerprint density at radius 3 is 2.75 bits per heavy atom. The van der Waals surface area contributed by atoms with Crippen molar-refractivity contribution in [2.24, 2.45) is 5.92 Å². The average molecular weight is 350 g/mol. The van der Waals surface area contributed by atoms with Gasteiger partial charge >= 0.3 is 6.03 Å². The number of nitrogens with one attached hydrogen (secondary N) is 1. The molecule has 1 aromatic heterocycles. The van der Waals surface area contributed by atoms with Crippen LogP contribution in [-0.2, 0) is 6.54 Å². The first-order chi connectivity index (χ1) is 11.5. The molecule has 1 unspecified atom stereocenters. The fourth-order valence-corrected chi connectivity index (χ4v) is 2.62. The number of nitrogens with zero attached hydrogens (tertiary/aromatic N) is 3. The van der Waals surface area contributed by atoms with E-state index < -0.39 is 0 Å². The van der Waals surface area contributed by atoms with Crippen LogP contribution in [0.5, 0.6) is 11.5 Å². The van der Waals surface area contributed by atoms with Crippen molar-refractivity contribution in [3.63, 3.8) is 0 Å². The molecule has 0 saturated heterocycles. The molecule has 0 aliphatic carbocycles. The molecule has 0 spiro atoms. The van der Waals surface area contributed by atoms with Crippen molar-refractivity contribution >= 4 is 24.5 Å². The van der Waals surface area contributed by atoms with Gasteiger partial charge < -0.3 is 19.4 Å². The number of hydrogen-bond acceptors (Lipinski definition) is 5. The van der Waals surface area contributed by atoms with E-state index in [2.05, 4.69) is 23.1 Å². The summed E-state index contributed by atoms with van der Waals surface area (Å²) in [4.78, 5) is 16.3. The van der Waals surface area contributed by atoms with Gasteiger partial charge in [0.15, 0.2) is 11.5 Å². The molecule has 0 aliphatic rings. The van der Waals surface area contributed by atoms with Crippen LogP contribution >= 0.6 is 12.8 Å². The first kappa shape index (κ1) is 18.0. The Morgan fingerprint density at radius 1 is 1.38 bits per heavy atom. The molecule has 2 amide bonds. The topological polar surface area (TPSA) is 68.6 Å². The first-order valence-corrected chi connectivity index (χ1v) is 7.88. The SMILES string of the molecule is COc1ccc(NC(=O)N(S)CC(C)Cn2ccnc2)cc1OC. The van der Waals surface area contributed by atoms with E-state index in [1.165, 1.54) is 4.31 Å². The van der Waals surface area contributed by atoms with Crippen molar-refractivity contribution in [1.29, 1.82) is 0 Å². The van der Waals surface area contributed by atoms with Crippen molar-refractivity contribution in [3.8, 4) is 11.5 Å². The lowest BCUT2D eigenvalue weighted by Crippen LogP contribution is -2.31. The van der Waals surface area contributed by atoms with Gasteiger partial charge in [-0.1, -0.05) is 19.7 Å². The van der Waals surface area contributed by atoms with Gasteiger partial charge in [-0.3, -0.25) is 4.31 Å². The summed E-state index contributed by atoms with van der Waals surface area (Å²) in [6, 6.07) is 4.88. The van der Waals surface area contributed by atoms with Gasteiger partial charge in [0, 0.05) is 37.2 Å². The minimum absolute atomic E-state index is 0.229. The van der Waals surface area contributed by atoms with Gasteiger partial charge in [-0.2, -0.15) is 0 Å². The molecule has 0 aliphatic heterocycles. The van der Waals surface area contributed by atoms with E-state index in [0.29, 0.717) is 23.7 Å². The van der Waals surface area contributed by atoms with Gasteiger partial charge in [-0.15, -0.1) is 0 Å². The smallest absolute Gasteiger partial charge is 0.331 e. The highest BCUT2D eigenvalue weighted by Gasteiger charge is 2.15. The minimum Gasteiger partial charge on any atom is -0.493 e. The molecule has 2 rings (SSSR count). The molecule has 0 bridgehead atoms. The zero-order valence-corrected chi connectivity index (χ0v) is 14.9. The van der Waals surface area contributed by atoms with Crippen LogP contribution in [0.15, 0.2) is 36.9 Å². The van der Waals surface area contributed by atoms with Gasteiger partial charge in [0.2, 0.25) is 0 Å². The molecular weight excluding hydrogens is 328 g/mol. The van der Waals surface area contributed by atoms with E-state index >= 15 is 0 Å². The Kier molecular flexibility index (Phi) is 6.36. The van der Waals surface area contributed by atoms with E-state index in [1.807, 2.05) is 17.7 Å². The lowest BCUT2D eigenvalue weighted by molar-refractivity contribution is 0.233. The molecule has 1 N–H and O–H groups in total. The quantitative estimate of drug-likeness (QED) is 0.754. The summed E-state index contributed by atoms with van der Waals surface area (Å²) in [6.45, 7) is 3.31. The average Bonchev–Trinajstić information content (AvgIpc) is 3.07. The third-order valence-corrected chi connectivity index (χ3v) is 3.78. The van der Waals surface area contributed by atoms with Crippen molar-refractivity contribution < 1.29 is 14.3 Å². The summed E-state index contributed by atoms with van der Waals surface area (Å²) in [5.41, 5.74) is 0.610. The number of imidazole rings is 1. The highest BCUT2D eigenvalue weighted by atomic mass is 32.1. The Bertz CT molecular complexity index is 663. The molecule has 0 saturated carbocycles. The Balaban J connectivity index is 1.91. The number of benzene rings is 1. The third-order valence-electron chi connectivity index (χ3n) is 3.44. The fourth-order valence-electron chi connectivity index (χ4n) is 2.29. The zero-order valence-electron chi connectivity index (χ0n) is 14.0. The van der Waals surface area contributed by atoms with Crippen molar-refractivity contribution in [2.75, 3.05) is 26.1 Å². The maximum absolute atomic E-state index is 12.3. The van der Waals surface area contributed by atoms with Crippen LogP contribution in [0, 0.1) is 5.92 Å². The summed E-state index contributed by atoms with van der Waals surface area (Å²) in [6.07, 6.45) is 5.38. The predicted octanol–water partition coefficient (Wildman–Crippen LogP) is 2.92. The number of amides is 2. The van der Waals surface area contributed by atoms with Gasteiger partial charge in [0.25, 0.3) is 0 Å². The lowest BCUT2D eigenvalue weighted by Gasteiger charge is -2.21. The van der Waals surface area contributed by atoms with Crippen LogP contribution in [0.4, 0.5) is 10.5 Å². The van der Waals surface area contributed by atoms with Crippen LogP contribution in [0.3, 0.4) is 0 Å². The van der Waals surface area contributed by atoms with Crippen molar-refractivity contribution in [3.05, 3.63) is 36.9 Å². The van der Waals surface area contributed by atoms with Gasteiger partial charge in [-0.05, 0) is 18.1 Å². The van der Waals surface area contributed by atoms with Crippen LogP contribution < -0.4 is 14.8 Å². The maximum Gasteiger partial charge on any atom is 0.331 e. The summed E-state index contributed by atoms with van der Waals surface area (Å²) >= 11 is 4.27. The van der Waals surface area contributed by atoms with Crippen LogP contribution in [-0.4, -0.2) is 40.7 Å². The molecule has 24 heavy (non-hydrogen) atoms. The molecule has 2 aromatic rings. The number of rotatable bonds is 7. The number of thiol groups is 1. The fraction of sp³-hybridized carbons (Fsp3) is 0.375. The zero-order chi connectivity index (χ0) is 17.5. The van der Waals surface area contributed by atoms with E-state index in [9.17, 15) is 4.79 Å². The third kappa shape index (κ3) is 4.82. The molecule has 8 heteroatoms. The number of hydrogen-bond donors (Lipinski definition) is 2. The molecular formula is C16H22N4O3S. The second kappa shape index (κ2) is 8.49. The number of carbonyl (C=O) groups is 1. The molecule has 1 heterocycles. The van der Waals surface area contributed by atoms with Crippen LogP contribution in [0.1, 0.15) is 6.92 Å². The number of anilines is 1. The summed E-state index contributed by atoms with van der Waals surface area (Å²) in [5.74, 6) is 1.38. The normalized spacial score (nSPS) is 11.7. The maximum atomic E-state index is 12.3. The Labute approximate surface area is 147 Å². The highest BCUT2D eigenvalue weighted by Crippen LogP contribution is 2.29. The number of aromatic nitrogens is 2. The molecule has 1 atom stereocenters. The molecule has 7 nitrogen and oxygen atoms in total. The largest absolute Gasteiger partial charge is 0.493 e. The van der Waals surface area contributed by atoms with Crippen LogP contribution in [0.2, 0.25) is 0 Å². The van der Waals surface area contributed by atoms with Gasteiger partial charge in [0.1, 0.15) is 0 Å². The first-order valence-electron chi connectivity index (χ1n) is 7.48. The highest BCUT2D eigenvalue weighted by molar-refractivity contribution is 7.78. The molecule has 130 valence electrons. The molecule has 1 aromatic carbocycles. The second-order valence-corrected chi connectivity index (χ2v) is 5.93. The number of methoxy groups -OCH3 is 2. The second-order valence-electron chi connectivity index (χ2n) is 5.45. The molecule has 0 radical (unpaired) electrons. The van der Waals surface area contributed by atoms with E-state index in [4.69, 9.17) is 9.47 Å². The standard InChI is InChI=1S/C16H22N4O3S/c1-12(9-19-7-6-17-11-19)10-20(24)16(21)18-13-4-5-14(22-2)15(8-13)23-3/h4-8,11-12,24H,9-10H2,1-3H3,(H,18,21). The van der Waals surface area contributed by atoms with Crippen molar-refractivity contribution in [1.82, 2.24) is 13.9 Å². The Morgan fingerprint density at radius 2 is 2.12 bits per heavy atom. The summed E-state index contributed by atoms with van der Waals surface area (Å²) in [5, 5.41) is 2.79. The van der Waals surface area contributed by atoms with Gasteiger partial charge in [-0.25, -0.2) is 9.78 Å². The number of ether oxygens (including phenoxy) is 2. The monoisotopic (exact) mass is 350 g/mol. The van der Waals surface area contributed by atoms with E-state index in [1.54, 1.807) is 44.9 Å². The summed E-state index contributed by atoms with van der Waals surface area (Å²) < 4.78 is 13.7. The predicted molar refractivity (Wildman–Crippen MR) is 95.6 cm³/mol. The lowest BCUT2D eigenvalue weighted by atomic mass is 10.2. The summed E-state index contributed by atoms with van der Waals surface area (Å²) in [7, 11) is 3.11. The van der Waals surface area contributed by atoms with Crippen LogP contribution in [0.25, 0.3) is 0 Å². The van der Waals surface area contributed by atoms with E-state index in [0.717, 1.165) is 6.54 Å². The number of carbonyl (C=O) groups excluding carboxylic acids is 1. The Hall–Kier alpha value is -2.35. The number of urea groups is 1. The molecule has 0 fully saturated rings. The minimum atomic E-state index is -0.303. The van der Waals surface area contributed by atoms with Crippen molar-refractivity contribution in [2.45, 2.75) is 13.5 Å². The van der Waals surface area contributed by atoms with Gasteiger partial charge in [0.05, 0.1) is 20.5 Å².